The predicted molar refractivity (Wildman–Crippen MR) is 131 cm³/mol. The Labute approximate surface area is 199 Å². The van der Waals surface area contributed by atoms with Gasteiger partial charge in [-0.15, -0.1) is 0 Å². The molecule has 0 unspecified atom stereocenters. The average molecular weight is 459 g/mol. The van der Waals surface area contributed by atoms with E-state index in [0.717, 1.165) is 11.4 Å². The molecule has 2 aromatic rings. The molecule has 2 aromatic carbocycles. The van der Waals surface area contributed by atoms with E-state index in [9.17, 15) is 20.1 Å². The van der Waals surface area contributed by atoms with Gasteiger partial charge in [-0.2, -0.15) is 10.5 Å². The molecule has 0 saturated carbocycles. The highest BCUT2D eigenvalue weighted by molar-refractivity contribution is 5.98. The van der Waals surface area contributed by atoms with Gasteiger partial charge in [-0.25, -0.2) is 9.59 Å². The summed E-state index contributed by atoms with van der Waals surface area (Å²) in [6.45, 7) is -0.501. The number of carbonyl (C=O) groups excluding carboxylic acids is 2. The van der Waals surface area contributed by atoms with Crippen molar-refractivity contribution in [2.75, 3.05) is 51.2 Å². The molecule has 0 aliphatic carbocycles. The standard InChI is InChI=1S/C26H26N4O4/c1-29(2)23-9-5-19(6-10-23)15-21(17-27)25(31)33-13-14-34-26(32)22(18-28)16-20-7-11-24(12-8-20)30(3)4/h5-12,15-16H,13-14H2,1-4H3/b21-15+,22-16+. The van der Waals surface area contributed by atoms with E-state index in [-0.39, 0.29) is 24.4 Å². The first-order valence-electron chi connectivity index (χ1n) is 10.4. The number of carbonyl (C=O) groups is 2. The number of hydrogen-bond donors (Lipinski definition) is 0. The van der Waals surface area contributed by atoms with Gasteiger partial charge in [0.2, 0.25) is 0 Å². The van der Waals surface area contributed by atoms with Crippen LogP contribution >= 0.6 is 0 Å². The predicted octanol–water partition coefficient (Wildman–Crippen LogP) is 3.42. The molecule has 0 bridgehead atoms. The van der Waals surface area contributed by atoms with Gasteiger partial charge in [0.15, 0.2) is 0 Å². The van der Waals surface area contributed by atoms with Crippen molar-refractivity contribution in [2.45, 2.75) is 0 Å². The Morgan fingerprint density at radius 2 is 1.03 bits per heavy atom. The van der Waals surface area contributed by atoms with Crippen LogP contribution in [-0.4, -0.2) is 53.3 Å². The molecule has 0 atom stereocenters. The SMILES string of the molecule is CN(C)c1ccc(/C=C(\C#N)C(=O)OCCOC(=O)/C(C#N)=C/c2ccc(N(C)C)cc2)cc1. The summed E-state index contributed by atoms with van der Waals surface area (Å²) in [6.07, 6.45) is 2.85. The van der Waals surface area contributed by atoms with Crippen LogP contribution in [0.4, 0.5) is 11.4 Å². The molecule has 8 heteroatoms. The van der Waals surface area contributed by atoms with E-state index in [1.165, 1.54) is 12.2 Å². The number of ether oxygens (including phenoxy) is 2. The van der Waals surface area contributed by atoms with Gasteiger partial charge in [0.25, 0.3) is 0 Å². The van der Waals surface area contributed by atoms with Gasteiger partial charge in [0.05, 0.1) is 0 Å². The topological polar surface area (TPSA) is 107 Å². The number of nitrogens with zero attached hydrogens (tertiary/aromatic N) is 4. The quantitative estimate of drug-likeness (QED) is 0.244. The monoisotopic (exact) mass is 458 g/mol. The number of hydrogen-bond acceptors (Lipinski definition) is 8. The highest BCUT2D eigenvalue weighted by Crippen LogP contribution is 2.16. The summed E-state index contributed by atoms with van der Waals surface area (Å²) in [5.74, 6) is -1.65. The normalized spacial score (nSPS) is 11.1. The second-order valence-corrected chi connectivity index (χ2v) is 7.58. The van der Waals surface area contributed by atoms with Crippen molar-refractivity contribution in [3.05, 3.63) is 70.8 Å². The lowest BCUT2D eigenvalue weighted by molar-refractivity contribution is -0.146. The van der Waals surface area contributed by atoms with E-state index in [0.29, 0.717) is 11.1 Å². The molecule has 0 N–H and O–H groups in total. The van der Waals surface area contributed by atoms with Gasteiger partial charge >= 0.3 is 11.9 Å². The second-order valence-electron chi connectivity index (χ2n) is 7.58. The zero-order valence-electron chi connectivity index (χ0n) is 19.6. The minimum Gasteiger partial charge on any atom is -0.458 e. The van der Waals surface area contributed by atoms with E-state index >= 15 is 0 Å². The van der Waals surface area contributed by atoms with Crippen LogP contribution in [0.3, 0.4) is 0 Å². The van der Waals surface area contributed by atoms with Crippen LogP contribution < -0.4 is 9.80 Å². The van der Waals surface area contributed by atoms with Gasteiger partial charge in [0.1, 0.15) is 36.5 Å². The Kier molecular flexibility index (Phi) is 9.43. The first-order chi connectivity index (χ1) is 16.2. The summed E-state index contributed by atoms with van der Waals surface area (Å²) in [6, 6.07) is 18.2. The van der Waals surface area contributed by atoms with Gasteiger partial charge in [-0.3, -0.25) is 0 Å². The number of nitriles is 2. The summed E-state index contributed by atoms with van der Waals surface area (Å²) in [5, 5.41) is 18.6. The fourth-order valence-electron chi connectivity index (χ4n) is 2.77. The molecule has 0 aliphatic heterocycles. The Morgan fingerprint density at radius 3 is 1.29 bits per heavy atom. The van der Waals surface area contributed by atoms with Crippen LogP contribution in [0, 0.1) is 22.7 Å². The number of rotatable bonds is 9. The lowest BCUT2D eigenvalue weighted by Gasteiger charge is -2.12. The van der Waals surface area contributed by atoms with E-state index in [1.807, 2.05) is 74.4 Å². The van der Waals surface area contributed by atoms with Gasteiger partial charge in [0, 0.05) is 39.6 Å². The third-order valence-corrected chi connectivity index (χ3v) is 4.67. The summed E-state index contributed by atoms with van der Waals surface area (Å²) in [4.78, 5) is 28.2. The summed E-state index contributed by atoms with van der Waals surface area (Å²) >= 11 is 0. The Bertz CT molecular complexity index is 1060. The Hall–Kier alpha value is -4.56. The largest absolute Gasteiger partial charge is 0.458 e. The van der Waals surface area contributed by atoms with Crippen molar-refractivity contribution >= 4 is 35.5 Å². The van der Waals surface area contributed by atoms with Crippen molar-refractivity contribution in [3.8, 4) is 12.1 Å². The number of anilines is 2. The van der Waals surface area contributed by atoms with Gasteiger partial charge in [-0.1, -0.05) is 24.3 Å². The van der Waals surface area contributed by atoms with E-state index < -0.39 is 11.9 Å². The molecule has 0 aliphatic rings. The minimum atomic E-state index is -0.827. The molecule has 0 spiro atoms. The highest BCUT2D eigenvalue weighted by Gasteiger charge is 2.14. The Balaban J connectivity index is 1.90. The lowest BCUT2D eigenvalue weighted by atomic mass is 10.1. The van der Waals surface area contributed by atoms with Crippen LogP contribution in [0.25, 0.3) is 12.2 Å². The first-order valence-corrected chi connectivity index (χ1v) is 10.4. The molecule has 34 heavy (non-hydrogen) atoms. The minimum absolute atomic E-state index is 0.178. The molecule has 0 radical (unpaired) electrons. The maximum absolute atomic E-state index is 12.2. The van der Waals surface area contributed by atoms with Gasteiger partial charge in [-0.05, 0) is 47.5 Å². The van der Waals surface area contributed by atoms with Crippen molar-refractivity contribution < 1.29 is 19.1 Å². The zero-order chi connectivity index (χ0) is 25.1. The molecule has 0 saturated heterocycles. The van der Waals surface area contributed by atoms with Gasteiger partial charge < -0.3 is 19.3 Å². The molecule has 0 amide bonds. The van der Waals surface area contributed by atoms with Crippen LogP contribution in [0.15, 0.2) is 59.7 Å². The maximum atomic E-state index is 12.2. The summed E-state index contributed by atoms with van der Waals surface area (Å²) in [5.41, 5.74) is 2.96. The maximum Gasteiger partial charge on any atom is 0.349 e. The second kappa shape index (κ2) is 12.5. The molecule has 0 heterocycles. The Morgan fingerprint density at radius 1 is 0.706 bits per heavy atom. The molecule has 174 valence electrons. The van der Waals surface area contributed by atoms with Crippen LogP contribution in [0.1, 0.15) is 11.1 Å². The summed E-state index contributed by atoms with van der Waals surface area (Å²) < 4.78 is 10.0. The molecule has 0 fully saturated rings. The van der Waals surface area contributed by atoms with Crippen LogP contribution in [0.2, 0.25) is 0 Å². The van der Waals surface area contributed by atoms with Crippen molar-refractivity contribution in [3.63, 3.8) is 0 Å². The summed E-state index contributed by atoms with van der Waals surface area (Å²) in [7, 11) is 7.64. The third-order valence-electron chi connectivity index (χ3n) is 4.67. The first kappa shape index (κ1) is 25.7. The van der Waals surface area contributed by atoms with Crippen LogP contribution in [0.5, 0.6) is 0 Å². The van der Waals surface area contributed by atoms with Crippen molar-refractivity contribution in [1.82, 2.24) is 0 Å². The number of benzene rings is 2. The molecule has 2 rings (SSSR count). The number of esters is 2. The van der Waals surface area contributed by atoms with E-state index in [2.05, 4.69) is 0 Å². The fourth-order valence-corrected chi connectivity index (χ4v) is 2.77. The molecule has 0 aromatic heterocycles. The smallest absolute Gasteiger partial charge is 0.349 e. The molecular weight excluding hydrogens is 432 g/mol. The fraction of sp³-hybridized carbons (Fsp3) is 0.231. The van der Waals surface area contributed by atoms with Crippen molar-refractivity contribution in [2.24, 2.45) is 0 Å². The third kappa shape index (κ3) is 7.54. The van der Waals surface area contributed by atoms with Crippen LogP contribution in [-0.2, 0) is 19.1 Å². The van der Waals surface area contributed by atoms with E-state index in [1.54, 1.807) is 24.3 Å². The van der Waals surface area contributed by atoms with E-state index in [4.69, 9.17) is 9.47 Å². The highest BCUT2D eigenvalue weighted by atomic mass is 16.6. The van der Waals surface area contributed by atoms with Crippen molar-refractivity contribution in [1.29, 1.82) is 10.5 Å². The lowest BCUT2D eigenvalue weighted by Crippen LogP contribution is -2.15. The molecule has 8 nitrogen and oxygen atoms in total. The zero-order valence-corrected chi connectivity index (χ0v) is 19.6. The average Bonchev–Trinajstić information content (AvgIpc) is 2.83. The molecular formula is C26H26N4O4.